The van der Waals surface area contributed by atoms with E-state index in [4.69, 9.17) is 11.6 Å². The number of hydrogen-bond donors (Lipinski definition) is 1. The van der Waals surface area contributed by atoms with Crippen LogP contribution in [0.5, 0.6) is 0 Å². The lowest BCUT2D eigenvalue weighted by molar-refractivity contribution is 0.219. The molecule has 0 saturated carbocycles. The van der Waals surface area contributed by atoms with Gasteiger partial charge < -0.3 is 9.67 Å². The zero-order chi connectivity index (χ0) is 16.4. The van der Waals surface area contributed by atoms with Crippen molar-refractivity contribution in [1.82, 2.24) is 19.5 Å². The molecule has 118 valence electrons. The first kappa shape index (κ1) is 15.6. The van der Waals surface area contributed by atoms with Crippen LogP contribution in [0.25, 0.3) is 17.2 Å². The fraction of sp³-hybridized carbons (Fsp3) is 0.235. The number of fused-ring (bicyclic) bond motifs is 1. The van der Waals surface area contributed by atoms with Crippen LogP contribution in [0.3, 0.4) is 0 Å². The number of aromatic nitrogens is 4. The van der Waals surface area contributed by atoms with Gasteiger partial charge in [-0.15, -0.1) is 0 Å². The van der Waals surface area contributed by atoms with E-state index in [9.17, 15) is 5.11 Å². The molecule has 0 amide bonds. The van der Waals surface area contributed by atoms with Crippen molar-refractivity contribution < 1.29 is 5.11 Å². The number of hydrogen-bond acceptors (Lipinski definition) is 4. The lowest BCUT2D eigenvalue weighted by Crippen LogP contribution is -2.06. The predicted octanol–water partition coefficient (Wildman–Crippen LogP) is 3.81. The summed E-state index contributed by atoms with van der Waals surface area (Å²) in [5.41, 5.74) is 2.16. The van der Waals surface area contributed by atoms with Crippen molar-refractivity contribution in [3.63, 3.8) is 0 Å². The van der Waals surface area contributed by atoms with Crippen LogP contribution in [0.2, 0.25) is 5.15 Å². The Kier molecular flexibility index (Phi) is 4.41. The molecule has 6 heteroatoms. The third-order valence-corrected chi connectivity index (χ3v) is 3.75. The standard InChI is InChI=1S/C17H17ClN4O/c1-11(2)22-10-19-14-15(18)20-16(21-17(14)22)13(23)9-8-12-6-4-3-5-7-12/h3-11,13,23H,1-2H3/b9-8+. The second kappa shape index (κ2) is 6.48. The van der Waals surface area contributed by atoms with E-state index in [1.54, 1.807) is 12.4 Å². The van der Waals surface area contributed by atoms with Gasteiger partial charge in [0.1, 0.15) is 11.6 Å². The Bertz CT molecular complexity index is 842. The zero-order valence-corrected chi connectivity index (χ0v) is 13.6. The molecule has 0 aliphatic carbocycles. The Morgan fingerprint density at radius 1 is 1.17 bits per heavy atom. The third kappa shape index (κ3) is 3.25. The summed E-state index contributed by atoms with van der Waals surface area (Å²) in [6.45, 7) is 4.06. The van der Waals surface area contributed by atoms with Crippen LogP contribution < -0.4 is 0 Å². The molecule has 1 unspecified atom stereocenters. The van der Waals surface area contributed by atoms with E-state index >= 15 is 0 Å². The first-order valence-electron chi connectivity index (χ1n) is 7.37. The molecule has 2 aromatic heterocycles. The summed E-state index contributed by atoms with van der Waals surface area (Å²) >= 11 is 6.18. The highest BCUT2D eigenvalue weighted by Crippen LogP contribution is 2.24. The minimum absolute atomic E-state index is 0.191. The molecule has 0 fully saturated rings. The van der Waals surface area contributed by atoms with Crippen LogP contribution in [0.15, 0.2) is 42.7 Å². The van der Waals surface area contributed by atoms with Crippen molar-refractivity contribution in [1.29, 1.82) is 0 Å². The molecule has 2 heterocycles. The number of imidazole rings is 1. The van der Waals surface area contributed by atoms with Gasteiger partial charge in [0.05, 0.1) is 6.33 Å². The van der Waals surface area contributed by atoms with E-state index in [0.29, 0.717) is 11.2 Å². The maximum absolute atomic E-state index is 10.3. The summed E-state index contributed by atoms with van der Waals surface area (Å²) in [5.74, 6) is 0.261. The van der Waals surface area contributed by atoms with E-state index in [1.165, 1.54) is 0 Å². The molecule has 0 saturated heterocycles. The van der Waals surface area contributed by atoms with E-state index < -0.39 is 6.10 Å². The Balaban J connectivity index is 1.96. The number of aliphatic hydroxyl groups excluding tert-OH is 1. The molecule has 23 heavy (non-hydrogen) atoms. The highest BCUT2D eigenvalue weighted by atomic mass is 35.5. The smallest absolute Gasteiger partial charge is 0.165 e. The molecule has 1 aromatic carbocycles. The van der Waals surface area contributed by atoms with Crippen molar-refractivity contribution in [2.24, 2.45) is 0 Å². The van der Waals surface area contributed by atoms with E-state index in [1.807, 2.05) is 54.8 Å². The Morgan fingerprint density at radius 2 is 1.91 bits per heavy atom. The van der Waals surface area contributed by atoms with Crippen molar-refractivity contribution >= 4 is 28.8 Å². The van der Waals surface area contributed by atoms with Crippen LogP contribution >= 0.6 is 11.6 Å². The zero-order valence-electron chi connectivity index (χ0n) is 12.9. The molecule has 0 aliphatic heterocycles. The molecule has 3 rings (SSSR count). The summed E-state index contributed by atoms with van der Waals surface area (Å²) in [4.78, 5) is 12.8. The molecular weight excluding hydrogens is 312 g/mol. The van der Waals surface area contributed by atoms with Gasteiger partial charge in [0, 0.05) is 6.04 Å². The predicted molar refractivity (Wildman–Crippen MR) is 91.2 cm³/mol. The van der Waals surface area contributed by atoms with E-state index in [0.717, 1.165) is 5.56 Å². The largest absolute Gasteiger partial charge is 0.381 e. The van der Waals surface area contributed by atoms with Gasteiger partial charge in [-0.1, -0.05) is 48.0 Å². The second-order valence-electron chi connectivity index (χ2n) is 5.51. The van der Waals surface area contributed by atoms with Crippen molar-refractivity contribution in [3.05, 3.63) is 59.3 Å². The molecule has 0 bridgehead atoms. The van der Waals surface area contributed by atoms with Crippen LogP contribution in [0.1, 0.15) is 37.4 Å². The van der Waals surface area contributed by atoms with Crippen LogP contribution in [0, 0.1) is 0 Å². The highest BCUT2D eigenvalue weighted by Gasteiger charge is 2.16. The molecule has 3 aromatic rings. The lowest BCUT2D eigenvalue weighted by atomic mass is 10.2. The SMILES string of the molecule is CC(C)n1cnc2c(Cl)nc(C(O)/C=C/c3ccccc3)nc21. The molecule has 0 aliphatic rings. The maximum atomic E-state index is 10.3. The summed E-state index contributed by atoms with van der Waals surface area (Å²) in [6.07, 6.45) is 4.22. The van der Waals surface area contributed by atoms with Crippen LogP contribution in [-0.4, -0.2) is 24.6 Å². The van der Waals surface area contributed by atoms with Gasteiger partial charge in [-0.25, -0.2) is 15.0 Å². The maximum Gasteiger partial charge on any atom is 0.165 e. The normalized spacial score (nSPS) is 13.3. The van der Waals surface area contributed by atoms with Gasteiger partial charge in [-0.05, 0) is 25.5 Å². The summed E-state index contributed by atoms with van der Waals surface area (Å²) in [7, 11) is 0. The Hall–Kier alpha value is -2.24. The van der Waals surface area contributed by atoms with E-state index in [-0.39, 0.29) is 17.0 Å². The number of halogens is 1. The number of nitrogens with zero attached hydrogens (tertiary/aromatic N) is 4. The second-order valence-corrected chi connectivity index (χ2v) is 5.86. The molecular formula is C17H17ClN4O. The topological polar surface area (TPSA) is 63.8 Å². The monoisotopic (exact) mass is 328 g/mol. The van der Waals surface area contributed by atoms with Gasteiger partial charge in [0.25, 0.3) is 0 Å². The van der Waals surface area contributed by atoms with Gasteiger partial charge in [0.2, 0.25) is 0 Å². The van der Waals surface area contributed by atoms with Crippen molar-refractivity contribution in [2.75, 3.05) is 0 Å². The van der Waals surface area contributed by atoms with Crippen LogP contribution in [-0.2, 0) is 0 Å². The van der Waals surface area contributed by atoms with E-state index in [2.05, 4.69) is 15.0 Å². The van der Waals surface area contributed by atoms with Crippen molar-refractivity contribution in [3.8, 4) is 0 Å². The van der Waals surface area contributed by atoms with Gasteiger partial charge in [-0.3, -0.25) is 0 Å². The first-order valence-corrected chi connectivity index (χ1v) is 7.75. The average Bonchev–Trinajstić information content (AvgIpc) is 2.98. The molecule has 1 N–H and O–H groups in total. The highest BCUT2D eigenvalue weighted by molar-refractivity contribution is 6.33. The Morgan fingerprint density at radius 3 is 2.61 bits per heavy atom. The van der Waals surface area contributed by atoms with Crippen molar-refractivity contribution in [2.45, 2.75) is 26.0 Å². The minimum Gasteiger partial charge on any atom is -0.381 e. The van der Waals surface area contributed by atoms with Gasteiger partial charge >= 0.3 is 0 Å². The molecule has 0 radical (unpaired) electrons. The summed E-state index contributed by atoms with van der Waals surface area (Å²) < 4.78 is 1.90. The summed E-state index contributed by atoms with van der Waals surface area (Å²) in [5, 5.41) is 10.6. The van der Waals surface area contributed by atoms with Gasteiger partial charge in [0.15, 0.2) is 16.6 Å². The minimum atomic E-state index is -0.937. The lowest BCUT2D eigenvalue weighted by Gasteiger charge is -2.09. The van der Waals surface area contributed by atoms with Crippen LogP contribution in [0.4, 0.5) is 0 Å². The third-order valence-electron chi connectivity index (χ3n) is 3.49. The quantitative estimate of drug-likeness (QED) is 0.740. The number of rotatable bonds is 4. The molecule has 5 nitrogen and oxygen atoms in total. The first-order chi connectivity index (χ1) is 11.1. The summed E-state index contributed by atoms with van der Waals surface area (Å²) in [6, 6.07) is 9.91. The fourth-order valence-electron chi connectivity index (χ4n) is 2.26. The fourth-order valence-corrected chi connectivity index (χ4v) is 2.48. The average molecular weight is 329 g/mol. The Labute approximate surface area is 139 Å². The van der Waals surface area contributed by atoms with Gasteiger partial charge in [-0.2, -0.15) is 0 Å². The molecule has 0 spiro atoms. The molecule has 1 atom stereocenters. The number of aliphatic hydroxyl groups is 1. The number of benzene rings is 1.